The minimum Gasteiger partial charge on any atom is -0.756 e. The number of likely N-dealkylation sites (N-methyl/N-ethyl adjacent to an activating group) is 1. The number of nitrogens with zero attached hydrogens (tertiary/aromatic N) is 1. The summed E-state index contributed by atoms with van der Waals surface area (Å²) in [6, 6.07) is 0. The lowest BCUT2D eigenvalue weighted by Gasteiger charge is -2.28. The molecule has 7 nitrogen and oxygen atoms in total. The van der Waals surface area contributed by atoms with Crippen molar-refractivity contribution in [3.63, 3.8) is 0 Å². The molecule has 300 valence electrons. The number of phosphoric acid groups is 1. The van der Waals surface area contributed by atoms with Crippen molar-refractivity contribution in [1.29, 1.82) is 0 Å². The van der Waals surface area contributed by atoms with Crippen LogP contribution in [0, 0.1) is 0 Å². The van der Waals surface area contributed by atoms with E-state index in [0.717, 1.165) is 25.7 Å². The maximum absolute atomic E-state index is 12.4. The second-order valence-electron chi connectivity index (χ2n) is 15.7. The van der Waals surface area contributed by atoms with Crippen molar-refractivity contribution < 1.29 is 32.5 Å². The molecule has 0 aliphatic carbocycles. The summed E-state index contributed by atoms with van der Waals surface area (Å²) in [4.78, 5) is 12.4. The number of unbranched alkanes of at least 4 members (excludes halogenated alkanes) is 25. The van der Waals surface area contributed by atoms with Crippen LogP contribution in [0.4, 0.5) is 0 Å². The topological polar surface area (TPSA) is 77.1 Å². The highest BCUT2D eigenvalue weighted by Gasteiger charge is 2.18. The van der Waals surface area contributed by atoms with E-state index >= 15 is 0 Å². The first-order chi connectivity index (χ1) is 24.2. The number of allylic oxidation sites excluding steroid dienone is 2. The Morgan fingerprint density at radius 1 is 0.520 bits per heavy atom. The number of rotatable bonds is 41. The Balaban J connectivity index is 4.11. The Morgan fingerprint density at radius 2 is 0.920 bits per heavy atom. The van der Waals surface area contributed by atoms with Gasteiger partial charge in [0, 0.05) is 13.2 Å². The molecule has 0 spiro atoms. The lowest BCUT2D eigenvalue weighted by molar-refractivity contribution is -0.870. The first kappa shape index (κ1) is 49.7. The molecule has 0 saturated carbocycles. The van der Waals surface area contributed by atoms with Crippen LogP contribution in [0.2, 0.25) is 0 Å². The van der Waals surface area contributed by atoms with Gasteiger partial charge in [0.15, 0.2) is 0 Å². The third kappa shape index (κ3) is 40.5. The van der Waals surface area contributed by atoms with Gasteiger partial charge in [-0.2, -0.15) is 0 Å². The Bertz CT molecular complexity index is 759. The van der Waals surface area contributed by atoms with Gasteiger partial charge in [-0.1, -0.05) is 167 Å². The summed E-state index contributed by atoms with van der Waals surface area (Å²) in [6.07, 6.45) is 40.7. The molecule has 0 N–H and O–H groups in total. The molecule has 0 fully saturated rings. The number of hydrogen-bond acceptors (Lipinski definition) is 6. The second kappa shape index (κ2) is 37.1. The summed E-state index contributed by atoms with van der Waals surface area (Å²) >= 11 is 0. The Kier molecular flexibility index (Phi) is 36.9. The highest BCUT2D eigenvalue weighted by Crippen LogP contribution is 2.38. The molecule has 50 heavy (non-hydrogen) atoms. The van der Waals surface area contributed by atoms with Crippen molar-refractivity contribution in [2.45, 2.75) is 200 Å². The van der Waals surface area contributed by atoms with E-state index in [0.29, 0.717) is 30.8 Å². The van der Waals surface area contributed by atoms with Gasteiger partial charge in [-0.25, -0.2) is 0 Å². The molecule has 0 aromatic heterocycles. The van der Waals surface area contributed by atoms with Gasteiger partial charge in [-0.15, -0.1) is 0 Å². The van der Waals surface area contributed by atoms with Crippen molar-refractivity contribution in [1.82, 2.24) is 0 Å². The fourth-order valence-corrected chi connectivity index (χ4v) is 6.72. The van der Waals surface area contributed by atoms with Crippen LogP contribution in [0.3, 0.4) is 0 Å². The molecule has 0 rings (SSSR count). The molecule has 0 aliphatic heterocycles. The standard InChI is InChI=1S/C42H86NO6P/c1-6-8-10-12-14-16-18-20-22-23-25-27-29-31-33-35-38-47-42(41-49-50(44,45)48-39-36-43(3,4)5)40-46-37-34-32-30-28-26-24-21-19-17-15-13-11-9-7-2/h23,25,42H,6-22,24,26-41H2,1-5H3/b25-23-. The summed E-state index contributed by atoms with van der Waals surface area (Å²) < 4.78 is 35.3. The molecule has 0 aromatic carbocycles. The van der Waals surface area contributed by atoms with E-state index in [1.165, 1.54) is 154 Å². The van der Waals surface area contributed by atoms with E-state index in [-0.39, 0.29) is 13.2 Å². The average Bonchev–Trinajstić information content (AvgIpc) is 3.07. The lowest BCUT2D eigenvalue weighted by Crippen LogP contribution is -2.37. The SMILES string of the molecule is CCCCCCCCCC/C=C\CCCCCCOC(COCCCCCCCCCCCCCCCC)COP(=O)([O-])OCC[N+](C)(C)C. The number of ether oxygens (including phenoxy) is 2. The summed E-state index contributed by atoms with van der Waals surface area (Å²) in [5.41, 5.74) is 0. The molecule has 2 atom stereocenters. The van der Waals surface area contributed by atoms with Gasteiger partial charge >= 0.3 is 0 Å². The third-order valence-electron chi connectivity index (χ3n) is 9.39. The zero-order chi connectivity index (χ0) is 36.9. The number of hydrogen-bond donors (Lipinski definition) is 0. The van der Waals surface area contributed by atoms with Gasteiger partial charge in [0.1, 0.15) is 19.3 Å². The van der Waals surface area contributed by atoms with Crippen LogP contribution >= 0.6 is 7.82 Å². The van der Waals surface area contributed by atoms with Crippen molar-refractivity contribution >= 4 is 7.82 Å². The van der Waals surface area contributed by atoms with E-state index in [4.69, 9.17) is 18.5 Å². The Morgan fingerprint density at radius 3 is 1.36 bits per heavy atom. The predicted octanol–water partition coefficient (Wildman–Crippen LogP) is 12.1. The van der Waals surface area contributed by atoms with Gasteiger partial charge in [0.2, 0.25) is 0 Å². The highest BCUT2D eigenvalue weighted by atomic mass is 31.2. The van der Waals surface area contributed by atoms with Crippen LogP contribution in [0.1, 0.15) is 194 Å². The van der Waals surface area contributed by atoms with Gasteiger partial charge in [0.05, 0.1) is 34.4 Å². The van der Waals surface area contributed by atoms with Crippen molar-refractivity contribution in [2.24, 2.45) is 0 Å². The first-order valence-corrected chi connectivity index (χ1v) is 22.9. The lowest BCUT2D eigenvalue weighted by atomic mass is 10.0. The molecule has 0 aliphatic rings. The Labute approximate surface area is 312 Å². The monoisotopic (exact) mass is 732 g/mol. The molecule has 0 aromatic rings. The summed E-state index contributed by atoms with van der Waals surface area (Å²) in [5, 5.41) is 0. The number of quaternary nitrogens is 1. The molecule has 0 heterocycles. The van der Waals surface area contributed by atoms with Crippen LogP contribution in [0.5, 0.6) is 0 Å². The van der Waals surface area contributed by atoms with Gasteiger partial charge in [0.25, 0.3) is 7.82 Å². The minimum atomic E-state index is -4.39. The minimum absolute atomic E-state index is 0.0758. The van der Waals surface area contributed by atoms with Crippen LogP contribution in [0.15, 0.2) is 12.2 Å². The van der Waals surface area contributed by atoms with Crippen LogP contribution in [-0.4, -0.2) is 71.3 Å². The van der Waals surface area contributed by atoms with E-state index in [9.17, 15) is 9.46 Å². The summed E-state index contributed by atoms with van der Waals surface area (Å²) in [6.45, 7) is 6.73. The first-order valence-electron chi connectivity index (χ1n) is 21.4. The summed E-state index contributed by atoms with van der Waals surface area (Å²) in [7, 11) is 1.60. The quantitative estimate of drug-likeness (QED) is 0.0270. The van der Waals surface area contributed by atoms with Crippen molar-refractivity contribution in [3.05, 3.63) is 12.2 Å². The predicted molar refractivity (Wildman–Crippen MR) is 213 cm³/mol. The van der Waals surface area contributed by atoms with Crippen molar-refractivity contribution in [3.8, 4) is 0 Å². The smallest absolute Gasteiger partial charge is 0.268 e. The van der Waals surface area contributed by atoms with E-state index in [2.05, 4.69) is 26.0 Å². The molecule has 0 bridgehead atoms. The zero-order valence-corrected chi connectivity index (χ0v) is 35.0. The largest absolute Gasteiger partial charge is 0.756 e. The molecule has 0 amide bonds. The highest BCUT2D eigenvalue weighted by molar-refractivity contribution is 7.45. The maximum Gasteiger partial charge on any atom is 0.268 e. The molecule has 2 unspecified atom stereocenters. The average molecular weight is 732 g/mol. The molecular weight excluding hydrogens is 645 g/mol. The molecule has 0 saturated heterocycles. The van der Waals surface area contributed by atoms with Gasteiger partial charge < -0.3 is 27.9 Å². The normalized spacial score (nSPS) is 14.1. The summed E-state index contributed by atoms with van der Waals surface area (Å²) in [5.74, 6) is 0. The van der Waals surface area contributed by atoms with Gasteiger partial charge in [-0.05, 0) is 38.5 Å². The van der Waals surface area contributed by atoms with E-state index in [1.807, 2.05) is 21.1 Å². The Hall–Kier alpha value is -0.270. The third-order valence-corrected chi connectivity index (χ3v) is 10.3. The van der Waals surface area contributed by atoms with Crippen LogP contribution in [0.25, 0.3) is 0 Å². The molecular formula is C42H86NO6P. The van der Waals surface area contributed by atoms with E-state index in [1.54, 1.807) is 0 Å². The second-order valence-corrected chi connectivity index (χ2v) is 17.1. The van der Waals surface area contributed by atoms with E-state index < -0.39 is 13.9 Å². The van der Waals surface area contributed by atoms with Gasteiger partial charge in [-0.3, -0.25) is 4.57 Å². The molecule has 0 radical (unpaired) electrons. The molecule has 8 heteroatoms. The fourth-order valence-electron chi connectivity index (χ4n) is 6.00. The fraction of sp³-hybridized carbons (Fsp3) is 0.952. The van der Waals surface area contributed by atoms with Crippen LogP contribution < -0.4 is 4.89 Å². The van der Waals surface area contributed by atoms with Crippen LogP contribution in [-0.2, 0) is 23.1 Å². The maximum atomic E-state index is 12.4. The number of phosphoric ester groups is 1. The van der Waals surface area contributed by atoms with Crippen molar-refractivity contribution in [2.75, 3.05) is 60.7 Å². The zero-order valence-electron chi connectivity index (χ0n) is 34.1.